The highest BCUT2D eigenvalue weighted by atomic mass is 16.3. The maximum Gasteiger partial charge on any atom is 0.274 e. The molecule has 5 aromatic rings. The van der Waals surface area contributed by atoms with Gasteiger partial charge in [-0.05, 0) is 51.2 Å². The molecule has 2 aliphatic heterocycles. The number of anilines is 2. The molecule has 3 N–H and O–H groups in total. The Balaban J connectivity index is 1.13. The Hall–Kier alpha value is -4.84. The Morgan fingerprint density at radius 1 is 1.10 bits per heavy atom. The molecular weight excluding hydrogens is 520 g/mol. The number of likely N-dealkylation sites (tertiary alicyclic amines) is 1. The number of hydrogen-bond acceptors (Lipinski definition) is 10. The third kappa shape index (κ3) is 4.55. The van der Waals surface area contributed by atoms with E-state index in [9.17, 15) is 4.79 Å². The molecule has 7 rings (SSSR count). The first kappa shape index (κ1) is 25.1. The molecule has 12 heteroatoms. The Labute approximate surface area is 236 Å². The summed E-state index contributed by atoms with van der Waals surface area (Å²) < 4.78 is 7.46. The average molecular weight is 551 g/mol. The number of nitrogen functional groups attached to an aromatic ring is 1. The normalized spacial score (nSPS) is 16.4. The van der Waals surface area contributed by atoms with Gasteiger partial charge in [-0.1, -0.05) is 6.07 Å². The monoisotopic (exact) mass is 550 g/mol. The fraction of sp³-hybridized carbons (Fsp3) is 0.310. The number of rotatable bonds is 6. The van der Waals surface area contributed by atoms with Gasteiger partial charge in [0.1, 0.15) is 23.4 Å². The van der Waals surface area contributed by atoms with E-state index in [-0.39, 0.29) is 23.9 Å². The summed E-state index contributed by atoms with van der Waals surface area (Å²) in [5.74, 6) is 0.721. The molecule has 0 aromatic carbocycles. The Kier molecular flexibility index (Phi) is 5.93. The van der Waals surface area contributed by atoms with E-state index < -0.39 is 5.91 Å². The minimum absolute atomic E-state index is 0.0175. The average Bonchev–Trinajstić information content (AvgIpc) is 3.72. The van der Waals surface area contributed by atoms with Crippen molar-refractivity contribution in [1.82, 2.24) is 39.5 Å². The van der Waals surface area contributed by atoms with Crippen LogP contribution >= 0.6 is 0 Å². The van der Waals surface area contributed by atoms with Crippen LogP contribution in [0.1, 0.15) is 28.3 Å². The number of pyridine rings is 2. The first-order chi connectivity index (χ1) is 19.9. The fourth-order valence-electron chi connectivity index (χ4n) is 5.89. The smallest absolute Gasteiger partial charge is 0.274 e. The molecule has 0 atom stereocenters. The molecule has 2 saturated heterocycles. The topological polar surface area (TPSA) is 144 Å². The van der Waals surface area contributed by atoms with Gasteiger partial charge in [-0.15, -0.1) is 0 Å². The third-order valence-corrected chi connectivity index (χ3v) is 7.96. The van der Waals surface area contributed by atoms with Crippen LogP contribution in [0.5, 0.6) is 0 Å². The van der Waals surface area contributed by atoms with Gasteiger partial charge < -0.3 is 29.7 Å². The minimum Gasteiger partial charge on any atom is -0.443 e. The summed E-state index contributed by atoms with van der Waals surface area (Å²) in [6.45, 7) is 6.49. The van der Waals surface area contributed by atoms with E-state index in [2.05, 4.69) is 42.1 Å². The van der Waals surface area contributed by atoms with Gasteiger partial charge in [0.2, 0.25) is 5.89 Å². The predicted molar refractivity (Wildman–Crippen MR) is 153 cm³/mol. The molecule has 41 heavy (non-hydrogen) atoms. The van der Waals surface area contributed by atoms with Gasteiger partial charge in [0, 0.05) is 48.7 Å². The van der Waals surface area contributed by atoms with Crippen LogP contribution in [0, 0.1) is 12.3 Å². The first-order valence-corrected chi connectivity index (χ1v) is 13.6. The van der Waals surface area contributed by atoms with Crippen LogP contribution in [0.25, 0.3) is 28.5 Å². The maximum atomic E-state index is 13.3. The molecule has 0 aliphatic carbocycles. The lowest BCUT2D eigenvalue weighted by atomic mass is 9.79. The predicted octanol–water partition coefficient (Wildman–Crippen LogP) is 2.80. The van der Waals surface area contributed by atoms with Crippen LogP contribution in [0.4, 0.5) is 11.6 Å². The highest BCUT2D eigenvalue weighted by Crippen LogP contribution is 2.40. The SMILES string of the molecule is Cc1cnc2ccc(-c3nc(C(=O)NCc4cccc(N5CC6(CCN(C)C6)C5)n4)c(N)nc3-c3ncco3)cn12. The number of fused-ring (bicyclic) bond motifs is 1. The summed E-state index contributed by atoms with van der Waals surface area (Å²) in [5.41, 5.74) is 10.6. The Bertz CT molecular complexity index is 1760. The molecule has 5 aromatic heterocycles. The van der Waals surface area contributed by atoms with E-state index in [0.717, 1.165) is 49.0 Å². The maximum absolute atomic E-state index is 13.3. The number of carbonyl (C=O) groups excluding carboxylic acids is 1. The van der Waals surface area contributed by atoms with Crippen molar-refractivity contribution in [2.45, 2.75) is 19.9 Å². The van der Waals surface area contributed by atoms with E-state index in [4.69, 9.17) is 15.1 Å². The van der Waals surface area contributed by atoms with E-state index in [1.807, 2.05) is 47.9 Å². The molecule has 7 heterocycles. The summed E-state index contributed by atoms with van der Waals surface area (Å²) in [4.78, 5) is 40.6. The van der Waals surface area contributed by atoms with Gasteiger partial charge in [0.05, 0.1) is 18.4 Å². The van der Waals surface area contributed by atoms with Crippen molar-refractivity contribution >= 4 is 23.2 Å². The van der Waals surface area contributed by atoms with Gasteiger partial charge in [0.25, 0.3) is 5.91 Å². The minimum atomic E-state index is -0.445. The highest BCUT2D eigenvalue weighted by molar-refractivity contribution is 5.97. The lowest BCUT2D eigenvalue weighted by molar-refractivity contribution is 0.0946. The number of hydrogen-bond donors (Lipinski definition) is 2. The molecule has 12 nitrogen and oxygen atoms in total. The highest BCUT2D eigenvalue weighted by Gasteiger charge is 2.47. The van der Waals surface area contributed by atoms with Crippen LogP contribution in [0.15, 0.2) is 59.6 Å². The van der Waals surface area contributed by atoms with E-state index >= 15 is 0 Å². The second kappa shape index (κ2) is 9.66. The second-order valence-electron chi connectivity index (χ2n) is 11.1. The number of nitrogens with one attached hydrogen (secondary N) is 1. The second-order valence-corrected chi connectivity index (χ2v) is 11.1. The summed E-state index contributed by atoms with van der Waals surface area (Å²) in [7, 11) is 2.18. The van der Waals surface area contributed by atoms with Crippen molar-refractivity contribution in [2.75, 3.05) is 43.9 Å². The zero-order chi connectivity index (χ0) is 28.1. The molecule has 2 fully saturated rings. The lowest BCUT2D eigenvalue weighted by Crippen LogP contribution is -2.57. The molecule has 0 unspecified atom stereocenters. The fourth-order valence-corrected chi connectivity index (χ4v) is 5.89. The van der Waals surface area contributed by atoms with Gasteiger partial charge >= 0.3 is 0 Å². The number of aromatic nitrogens is 6. The van der Waals surface area contributed by atoms with Crippen LogP contribution in [0.2, 0.25) is 0 Å². The van der Waals surface area contributed by atoms with Crippen molar-refractivity contribution in [3.63, 3.8) is 0 Å². The number of amides is 1. The number of oxazole rings is 1. The van der Waals surface area contributed by atoms with Crippen molar-refractivity contribution in [3.05, 3.63) is 72.3 Å². The Morgan fingerprint density at radius 2 is 1.98 bits per heavy atom. The van der Waals surface area contributed by atoms with E-state index in [0.29, 0.717) is 22.4 Å². The van der Waals surface area contributed by atoms with Crippen LogP contribution in [0.3, 0.4) is 0 Å². The molecular formula is C29H30N10O2. The lowest BCUT2D eigenvalue weighted by Gasteiger charge is -2.48. The van der Waals surface area contributed by atoms with E-state index in [1.54, 1.807) is 6.20 Å². The zero-order valence-electron chi connectivity index (χ0n) is 22.9. The first-order valence-electron chi connectivity index (χ1n) is 13.6. The molecule has 1 spiro atoms. The third-order valence-electron chi connectivity index (χ3n) is 7.96. The standard InChI is InChI=1S/C29H30N10O2/c1-18-12-32-21-7-6-19(14-39(18)21)23-24(28-31-9-11-41-28)36-26(30)25(35-23)27(40)33-13-20-4-3-5-22(34-20)38-16-29(17-38)8-10-37(2)15-29/h3-7,9,11-12,14H,8,10,13,15-17H2,1-2H3,(H2,30,36)(H,33,40). The summed E-state index contributed by atoms with van der Waals surface area (Å²) in [5, 5.41) is 2.92. The van der Waals surface area contributed by atoms with Crippen molar-refractivity contribution in [3.8, 4) is 22.8 Å². The molecule has 0 saturated carbocycles. The van der Waals surface area contributed by atoms with Crippen LogP contribution in [-0.2, 0) is 6.54 Å². The van der Waals surface area contributed by atoms with Crippen molar-refractivity contribution in [2.24, 2.45) is 5.41 Å². The largest absolute Gasteiger partial charge is 0.443 e. The molecule has 0 bridgehead atoms. The van der Waals surface area contributed by atoms with Gasteiger partial charge in [-0.2, -0.15) is 0 Å². The molecule has 0 radical (unpaired) electrons. The zero-order valence-corrected chi connectivity index (χ0v) is 22.9. The van der Waals surface area contributed by atoms with Crippen molar-refractivity contribution in [1.29, 1.82) is 0 Å². The van der Waals surface area contributed by atoms with Gasteiger partial charge in [0.15, 0.2) is 17.2 Å². The summed E-state index contributed by atoms with van der Waals surface area (Å²) >= 11 is 0. The van der Waals surface area contributed by atoms with Gasteiger partial charge in [-0.25, -0.2) is 24.9 Å². The number of aryl methyl sites for hydroxylation is 1. The number of nitrogens with two attached hydrogens (primary N) is 1. The quantitative estimate of drug-likeness (QED) is 0.324. The molecule has 208 valence electrons. The van der Waals surface area contributed by atoms with E-state index in [1.165, 1.54) is 18.9 Å². The van der Waals surface area contributed by atoms with Gasteiger partial charge in [-0.3, -0.25) is 4.79 Å². The van der Waals surface area contributed by atoms with Crippen LogP contribution < -0.4 is 16.0 Å². The summed E-state index contributed by atoms with van der Waals surface area (Å²) in [6, 6.07) is 9.64. The Morgan fingerprint density at radius 3 is 2.76 bits per heavy atom. The summed E-state index contributed by atoms with van der Waals surface area (Å²) in [6.07, 6.45) is 7.88. The van der Waals surface area contributed by atoms with Crippen molar-refractivity contribution < 1.29 is 9.21 Å². The molecule has 2 aliphatic rings. The number of imidazole rings is 1. The number of carbonyl (C=O) groups is 1. The van der Waals surface area contributed by atoms with Crippen LogP contribution in [-0.4, -0.2) is 73.4 Å². The molecule has 1 amide bonds. The number of nitrogens with zero attached hydrogens (tertiary/aromatic N) is 8.